The van der Waals surface area contributed by atoms with Crippen LogP contribution in [0, 0.1) is 0 Å². The molecular weight excluding hydrogens is 234 g/mol. The lowest BCUT2D eigenvalue weighted by atomic mass is 10.0. The van der Waals surface area contributed by atoms with E-state index in [0.29, 0.717) is 6.54 Å². The number of fused-ring (bicyclic) bond motifs is 1. The minimum atomic E-state index is 0.0681. The van der Waals surface area contributed by atoms with Crippen LogP contribution in [0.1, 0.15) is 48.1 Å². The van der Waals surface area contributed by atoms with Crippen LogP contribution in [-0.2, 0) is 0 Å². The summed E-state index contributed by atoms with van der Waals surface area (Å²) in [5.74, 6) is 0.112. The standard InChI is InChI=1S/C17H21NO/c1-3-5-6-7-12-16-14-10-8-9-11-15(14)17(19)18(16)13-4-2/h4,7-12,16H,2-3,5-6,13H2,1H3/b12-7+. The summed E-state index contributed by atoms with van der Waals surface area (Å²) in [7, 11) is 0. The topological polar surface area (TPSA) is 20.3 Å². The molecule has 2 nitrogen and oxygen atoms in total. The van der Waals surface area contributed by atoms with Gasteiger partial charge >= 0.3 is 0 Å². The van der Waals surface area contributed by atoms with Crippen molar-refractivity contribution in [3.63, 3.8) is 0 Å². The number of hydrogen-bond donors (Lipinski definition) is 0. The largest absolute Gasteiger partial charge is 0.324 e. The molecule has 100 valence electrons. The van der Waals surface area contributed by atoms with Gasteiger partial charge in [-0.15, -0.1) is 6.58 Å². The molecule has 0 radical (unpaired) electrons. The Morgan fingerprint density at radius 1 is 1.37 bits per heavy atom. The molecule has 2 heteroatoms. The van der Waals surface area contributed by atoms with Crippen LogP contribution < -0.4 is 0 Å². The average molecular weight is 255 g/mol. The fourth-order valence-corrected chi connectivity index (χ4v) is 2.49. The fraction of sp³-hybridized carbons (Fsp3) is 0.353. The second-order valence-corrected chi connectivity index (χ2v) is 4.85. The van der Waals surface area contributed by atoms with Crippen molar-refractivity contribution in [2.75, 3.05) is 6.54 Å². The number of rotatable bonds is 6. The molecule has 1 atom stereocenters. The lowest BCUT2D eigenvalue weighted by Crippen LogP contribution is -2.27. The quantitative estimate of drug-likeness (QED) is 0.553. The van der Waals surface area contributed by atoms with Gasteiger partial charge in [-0.1, -0.05) is 56.2 Å². The van der Waals surface area contributed by atoms with E-state index in [-0.39, 0.29) is 11.9 Å². The first-order valence-electron chi connectivity index (χ1n) is 6.97. The summed E-state index contributed by atoms with van der Waals surface area (Å²) in [6, 6.07) is 7.94. The van der Waals surface area contributed by atoms with E-state index < -0.39 is 0 Å². The Bertz CT molecular complexity index is 490. The van der Waals surface area contributed by atoms with Crippen LogP contribution >= 0.6 is 0 Å². The summed E-state index contributed by atoms with van der Waals surface area (Å²) < 4.78 is 0. The van der Waals surface area contributed by atoms with Crippen LogP contribution in [0.4, 0.5) is 0 Å². The average Bonchev–Trinajstić information content (AvgIpc) is 2.70. The normalized spacial score (nSPS) is 18.1. The molecule has 0 saturated heterocycles. The van der Waals surface area contributed by atoms with Gasteiger partial charge in [-0.3, -0.25) is 4.79 Å². The summed E-state index contributed by atoms with van der Waals surface area (Å²) in [6.07, 6.45) is 9.60. The molecule has 19 heavy (non-hydrogen) atoms. The monoisotopic (exact) mass is 255 g/mol. The summed E-state index contributed by atoms with van der Waals surface area (Å²) in [5.41, 5.74) is 1.94. The SMILES string of the molecule is C=CCN1C(=O)c2ccccc2C1/C=C/CCCC. The molecule has 0 spiro atoms. The third-order valence-corrected chi connectivity index (χ3v) is 3.47. The van der Waals surface area contributed by atoms with E-state index in [0.717, 1.165) is 17.5 Å². The number of hydrogen-bond acceptors (Lipinski definition) is 1. The molecule has 1 aliphatic heterocycles. The molecule has 1 unspecified atom stereocenters. The highest BCUT2D eigenvalue weighted by atomic mass is 16.2. The van der Waals surface area contributed by atoms with E-state index in [1.54, 1.807) is 6.08 Å². The molecule has 0 aliphatic carbocycles. The zero-order valence-electron chi connectivity index (χ0n) is 11.5. The Labute approximate surface area is 115 Å². The number of amides is 1. The second-order valence-electron chi connectivity index (χ2n) is 4.85. The molecule has 1 aliphatic rings. The summed E-state index contributed by atoms with van der Waals surface area (Å²) >= 11 is 0. The van der Waals surface area contributed by atoms with E-state index in [1.165, 1.54) is 12.8 Å². The van der Waals surface area contributed by atoms with Crippen molar-refractivity contribution >= 4 is 5.91 Å². The Balaban J connectivity index is 2.24. The predicted octanol–water partition coefficient (Wildman–Crippen LogP) is 4.12. The van der Waals surface area contributed by atoms with Gasteiger partial charge in [0.25, 0.3) is 5.91 Å². The van der Waals surface area contributed by atoms with Crippen LogP contribution in [0.5, 0.6) is 0 Å². The van der Waals surface area contributed by atoms with Gasteiger partial charge in [-0.05, 0) is 18.1 Å². The van der Waals surface area contributed by atoms with Crippen LogP contribution in [0.15, 0.2) is 49.1 Å². The van der Waals surface area contributed by atoms with Crippen molar-refractivity contribution in [3.05, 3.63) is 60.2 Å². The zero-order valence-corrected chi connectivity index (χ0v) is 11.5. The van der Waals surface area contributed by atoms with Gasteiger partial charge in [0.15, 0.2) is 0 Å². The molecule has 0 saturated carbocycles. The van der Waals surface area contributed by atoms with Crippen LogP contribution in [0.3, 0.4) is 0 Å². The number of benzene rings is 1. The number of carbonyl (C=O) groups is 1. The lowest BCUT2D eigenvalue weighted by molar-refractivity contribution is 0.0774. The highest BCUT2D eigenvalue weighted by Gasteiger charge is 2.33. The maximum atomic E-state index is 12.3. The number of nitrogens with zero attached hydrogens (tertiary/aromatic N) is 1. The van der Waals surface area contributed by atoms with Crippen LogP contribution in [0.25, 0.3) is 0 Å². The van der Waals surface area contributed by atoms with Gasteiger partial charge in [0.2, 0.25) is 0 Å². The Morgan fingerprint density at radius 3 is 2.89 bits per heavy atom. The van der Waals surface area contributed by atoms with Crippen molar-refractivity contribution in [1.29, 1.82) is 0 Å². The predicted molar refractivity (Wildman–Crippen MR) is 79.1 cm³/mol. The first-order chi connectivity index (χ1) is 9.29. The lowest BCUT2D eigenvalue weighted by Gasteiger charge is -2.21. The van der Waals surface area contributed by atoms with E-state index in [2.05, 4.69) is 25.7 Å². The molecule has 1 heterocycles. The van der Waals surface area contributed by atoms with Crippen molar-refractivity contribution in [2.45, 2.75) is 32.2 Å². The molecule has 0 N–H and O–H groups in total. The molecule has 2 rings (SSSR count). The van der Waals surface area contributed by atoms with E-state index in [9.17, 15) is 4.79 Å². The number of unbranched alkanes of at least 4 members (excludes halogenated alkanes) is 2. The fourth-order valence-electron chi connectivity index (χ4n) is 2.49. The molecule has 1 amide bonds. The van der Waals surface area contributed by atoms with Gasteiger partial charge < -0.3 is 4.90 Å². The van der Waals surface area contributed by atoms with Crippen LogP contribution in [-0.4, -0.2) is 17.4 Å². The Kier molecular flexibility index (Phi) is 4.56. The molecular formula is C17H21NO. The van der Waals surface area contributed by atoms with Crippen molar-refractivity contribution in [1.82, 2.24) is 4.90 Å². The van der Waals surface area contributed by atoms with E-state index in [4.69, 9.17) is 0 Å². The Hall–Kier alpha value is -1.83. The highest BCUT2D eigenvalue weighted by Crippen LogP contribution is 2.34. The summed E-state index contributed by atoms with van der Waals surface area (Å²) in [6.45, 7) is 6.53. The second kappa shape index (κ2) is 6.37. The molecule has 0 bridgehead atoms. The first kappa shape index (κ1) is 13.6. The third kappa shape index (κ3) is 2.78. The first-order valence-corrected chi connectivity index (χ1v) is 6.97. The van der Waals surface area contributed by atoms with Gasteiger partial charge in [-0.2, -0.15) is 0 Å². The van der Waals surface area contributed by atoms with Crippen molar-refractivity contribution in [3.8, 4) is 0 Å². The van der Waals surface area contributed by atoms with E-state index >= 15 is 0 Å². The highest BCUT2D eigenvalue weighted by molar-refractivity contribution is 5.99. The third-order valence-electron chi connectivity index (χ3n) is 3.47. The minimum Gasteiger partial charge on any atom is -0.324 e. The minimum absolute atomic E-state index is 0.0681. The molecule has 0 aromatic heterocycles. The van der Waals surface area contributed by atoms with Crippen molar-refractivity contribution < 1.29 is 4.79 Å². The Morgan fingerprint density at radius 2 is 2.16 bits per heavy atom. The zero-order chi connectivity index (χ0) is 13.7. The number of allylic oxidation sites excluding steroid dienone is 1. The van der Waals surface area contributed by atoms with Gasteiger partial charge in [0, 0.05) is 12.1 Å². The number of carbonyl (C=O) groups excluding carboxylic acids is 1. The van der Waals surface area contributed by atoms with Crippen LogP contribution in [0.2, 0.25) is 0 Å². The summed E-state index contributed by atoms with van der Waals surface area (Å²) in [5, 5.41) is 0. The van der Waals surface area contributed by atoms with Crippen molar-refractivity contribution in [2.24, 2.45) is 0 Å². The molecule has 1 aromatic rings. The van der Waals surface area contributed by atoms with Gasteiger partial charge in [-0.25, -0.2) is 0 Å². The maximum Gasteiger partial charge on any atom is 0.255 e. The van der Waals surface area contributed by atoms with Gasteiger partial charge in [0.1, 0.15) is 0 Å². The smallest absolute Gasteiger partial charge is 0.255 e. The van der Waals surface area contributed by atoms with Gasteiger partial charge in [0.05, 0.1) is 6.04 Å². The molecule has 1 aromatic carbocycles. The maximum absolute atomic E-state index is 12.3. The van der Waals surface area contributed by atoms with E-state index in [1.807, 2.05) is 29.2 Å². The summed E-state index contributed by atoms with van der Waals surface area (Å²) in [4.78, 5) is 14.2. The molecule has 0 fully saturated rings.